The Balaban J connectivity index is 0.000000158. The van der Waals surface area contributed by atoms with E-state index in [-0.39, 0.29) is 104 Å². The Morgan fingerprint density at radius 1 is 0.392 bits per heavy atom. The molecule has 5 saturated carbocycles. The van der Waals surface area contributed by atoms with Crippen LogP contribution in [-0.4, -0.2) is 168 Å². The third-order valence-electron chi connectivity index (χ3n) is 35.1. The van der Waals surface area contributed by atoms with Gasteiger partial charge < -0.3 is 84.6 Å². The summed E-state index contributed by atoms with van der Waals surface area (Å²) in [4.78, 5) is 23.8. The number of carboxylic acid groups (broad SMARTS) is 1. The van der Waals surface area contributed by atoms with Crippen LogP contribution < -0.4 is 9.47 Å². The van der Waals surface area contributed by atoms with Gasteiger partial charge in [-0.3, -0.25) is 4.79 Å². The zero-order valence-corrected chi connectivity index (χ0v) is 88.0. The van der Waals surface area contributed by atoms with Gasteiger partial charge in [0.1, 0.15) is 46.5 Å². The molecule has 11 N–H and O–H groups in total. The average molecular weight is 2000 g/mol. The number of Topliss-reactive ketones (excluding diaryl/α,β-unsaturated/α-hetero) is 1. The largest absolute Gasteiger partial charge is 0.508 e. The van der Waals surface area contributed by atoms with Crippen LogP contribution in [-0.2, 0) is 92.7 Å². The number of halogens is 1. The van der Waals surface area contributed by atoms with Crippen molar-refractivity contribution < 1.29 is 94.2 Å². The predicted molar refractivity (Wildman–Crippen MR) is 561 cm³/mol. The van der Waals surface area contributed by atoms with Crippen molar-refractivity contribution in [3.8, 4) is 40.9 Å². The van der Waals surface area contributed by atoms with Gasteiger partial charge in [-0.1, -0.05) is 192 Å². The number of phenols is 3. The smallest absolute Gasteiger partial charge is 0.341 e. The maximum atomic E-state index is 12.9. The van der Waals surface area contributed by atoms with Crippen molar-refractivity contribution >= 4 is 23.4 Å². The molecule has 17 rings (SSSR count). The summed E-state index contributed by atoms with van der Waals surface area (Å²) in [6, 6.07) is 33.3. The van der Waals surface area contributed by atoms with E-state index in [9.17, 15) is 60.7 Å². The van der Waals surface area contributed by atoms with E-state index < -0.39 is 5.97 Å². The number of nitrogens with zero attached hydrogens (tertiary/aromatic N) is 2. The molecule has 143 heavy (non-hydrogen) atoms. The number of phenolic OH excluding ortho intramolecular Hbond substituents is 3. The Labute approximate surface area is 861 Å². The molecule has 0 aromatic heterocycles. The zero-order chi connectivity index (χ0) is 102. The Bertz CT molecular complexity index is 4680. The third kappa shape index (κ3) is 33.5. The van der Waals surface area contributed by atoms with Gasteiger partial charge in [-0.2, -0.15) is 10.5 Å². The summed E-state index contributed by atoms with van der Waals surface area (Å²) in [6.07, 6.45) is 49.9. The first kappa shape index (κ1) is 115. The molecule has 22 heteroatoms. The molecule has 5 aromatic rings. The number of rotatable bonds is 44. The molecule has 2 saturated heterocycles. The van der Waals surface area contributed by atoms with Gasteiger partial charge in [0.05, 0.1) is 61.0 Å². The number of benzene rings is 5. The Morgan fingerprint density at radius 2 is 0.713 bits per heavy atom. The van der Waals surface area contributed by atoms with Crippen LogP contribution in [0.3, 0.4) is 0 Å². The minimum atomic E-state index is -0.972. The molecular formula is C121H179ClN2O19. The summed E-state index contributed by atoms with van der Waals surface area (Å²) < 4.78 is 35.6. The Hall–Kier alpha value is -6.93. The number of carbonyl (C=O) groups excluding carboxylic acids is 1. The minimum Gasteiger partial charge on any atom is -0.508 e. The fraction of sp³-hybridized carbons (Fsp3) is 0.719. The van der Waals surface area contributed by atoms with Crippen LogP contribution in [0.1, 0.15) is 354 Å². The van der Waals surface area contributed by atoms with Crippen molar-refractivity contribution in [2.24, 2.45) is 88.8 Å². The second-order valence-corrected chi connectivity index (χ2v) is 45.0. The number of aliphatic hydroxyl groups is 7. The van der Waals surface area contributed by atoms with E-state index in [1.807, 2.05) is 48.5 Å². The van der Waals surface area contributed by atoms with Gasteiger partial charge in [-0.25, -0.2) is 4.79 Å². The van der Waals surface area contributed by atoms with Crippen molar-refractivity contribution in [1.29, 1.82) is 10.5 Å². The van der Waals surface area contributed by atoms with E-state index in [0.717, 1.165) is 285 Å². The minimum absolute atomic E-state index is 0.0313. The number of ketones is 1. The summed E-state index contributed by atoms with van der Waals surface area (Å²) in [5.41, 5.74) is 11.9. The summed E-state index contributed by atoms with van der Waals surface area (Å²) in [7, 11) is 0. The number of ether oxygens (including phenoxy) is 6. The van der Waals surface area contributed by atoms with Gasteiger partial charge >= 0.3 is 5.97 Å². The molecule has 0 amide bonds. The van der Waals surface area contributed by atoms with Gasteiger partial charge in [0.15, 0.2) is 25.8 Å². The molecule has 13 unspecified atom stereocenters. The number of fused-ring (bicyclic) bond motifs is 10. The van der Waals surface area contributed by atoms with E-state index in [1.165, 1.54) is 110 Å². The molecule has 7 fully saturated rings. The molecule has 26 atom stereocenters. The van der Waals surface area contributed by atoms with Crippen molar-refractivity contribution in [2.75, 3.05) is 32.3 Å². The second-order valence-electron chi connectivity index (χ2n) is 44.7. The number of hydrogen-bond donors (Lipinski definition) is 11. The summed E-state index contributed by atoms with van der Waals surface area (Å²) in [5.74, 6) is 8.21. The third-order valence-corrected chi connectivity index (χ3v) is 35.2. The number of nitriles is 2. The van der Waals surface area contributed by atoms with E-state index in [2.05, 4.69) is 65.0 Å². The lowest BCUT2D eigenvalue weighted by molar-refractivity contribution is -0.191. The first-order valence-electron chi connectivity index (χ1n) is 56.7. The van der Waals surface area contributed by atoms with E-state index >= 15 is 0 Å². The summed E-state index contributed by atoms with van der Waals surface area (Å²) in [6.45, 7) is 12.4. The van der Waals surface area contributed by atoms with Gasteiger partial charge in [0.2, 0.25) is 0 Å². The van der Waals surface area contributed by atoms with Gasteiger partial charge in [0, 0.05) is 25.6 Å². The van der Waals surface area contributed by atoms with Gasteiger partial charge in [-0.15, -0.1) is 11.6 Å². The highest BCUT2D eigenvalue weighted by Crippen LogP contribution is 2.55. The Morgan fingerprint density at radius 3 is 1.06 bits per heavy atom. The number of aliphatic hydroxyl groups excluding tert-OH is 7. The van der Waals surface area contributed by atoms with Crippen LogP contribution in [0.4, 0.5) is 0 Å². The molecule has 2 aliphatic heterocycles. The number of carbonyl (C=O) groups is 2. The predicted octanol–water partition coefficient (Wildman–Crippen LogP) is 23.1. The lowest BCUT2D eigenvalue weighted by atomic mass is 9.73. The first-order chi connectivity index (χ1) is 69.4. The van der Waals surface area contributed by atoms with Crippen molar-refractivity contribution in [3.63, 3.8) is 0 Å². The van der Waals surface area contributed by atoms with Crippen LogP contribution >= 0.6 is 11.6 Å². The number of aliphatic carboxylic acids is 1. The van der Waals surface area contributed by atoms with Gasteiger partial charge in [-0.05, 0) is 394 Å². The maximum absolute atomic E-state index is 12.9. The SMILES string of the molecule is CCCCC[C@@H](O)CCC1[C@H]2Cc3cccc(O)c3CC2C[C@H]1O.CCCCC[C@@H](O)CCC1[C@H]2Cc3cccc(OCC#N)c3CC2C[C@H]1O.CCCCC[C@@H](O)CCC1[C@H]2Cc3cccc(OCC(=O)O)c3CC2C[C@H]1O.CCCCC[C@H](CCC1C(=O)CC2Cc3c(O)cccc3CC21)OC1CCCCO1.CCCCC[C@H](CCC1[C@H]2Cc3cccc(O)c3CC2C[C@H]1O)OC1CCCCO1.N#CCCl. The molecule has 2 heterocycles. The van der Waals surface area contributed by atoms with Crippen LogP contribution in [0.25, 0.3) is 0 Å². The van der Waals surface area contributed by atoms with Crippen LogP contribution in [0.5, 0.6) is 28.7 Å². The molecule has 0 radical (unpaired) electrons. The van der Waals surface area contributed by atoms with Gasteiger partial charge in [0.25, 0.3) is 0 Å². The first-order valence-corrected chi connectivity index (χ1v) is 57.2. The molecule has 0 spiro atoms. The van der Waals surface area contributed by atoms with E-state index in [1.54, 1.807) is 24.3 Å². The van der Waals surface area contributed by atoms with E-state index in [0.29, 0.717) is 106 Å². The normalized spacial score (nSPS) is 28.5. The molecule has 21 nitrogen and oxygen atoms in total. The zero-order valence-electron chi connectivity index (χ0n) is 87.2. The Kier molecular flexibility index (Phi) is 48.2. The lowest BCUT2D eigenvalue weighted by Crippen LogP contribution is -2.30. The lowest BCUT2D eigenvalue weighted by Gasteiger charge is -2.33. The van der Waals surface area contributed by atoms with Crippen LogP contribution in [0.2, 0.25) is 0 Å². The highest BCUT2D eigenvalue weighted by Gasteiger charge is 2.51. The standard InChI is InChI=1S/C26H40O4.C26H38O4.C23H33NO3.C23H34O5.C21H32O3.C2H2ClN/c2*1-2-3-4-9-20(30-26-11-5-6-14-29-26)12-13-21-22-15-18-8-7-10-24(27)23(18)16-19(22)17-25(21)28;1-2-3-4-7-18(25)9-10-19-20-13-16-6-5-8-23(27-12-11-24)21(16)14-17(20)15-22(19)26;1-2-3-4-7-17(24)9-10-18-19-11-15-6-5-8-22(28-14-23(26)27)20(15)12-16(19)13-21(18)25;1-2-3-4-7-16(22)9-10-17-18-11-14-6-5-8-20(23)19(14)12-15(18)13-21(17)24;3-1-2-4/h7-8,10,19-22,25-28H,2-6,9,11-17H2,1H3;7-8,10,19-22,26-27H,2-6,9,11-17H2,1H3;5-6,8,17-20,22,25-26H,2-4,7,9-10,12-15H2,1H3;5-6,8,16-19,21,24-25H,2-4,7,9-14H2,1H3,(H,26,27);5-6,8,15-18,21-24H,2-4,7,9-13H2,1H3;1H2/t19?,20-,21?,22+,25-,26?;19?,20-,21?,22?,26?;17?,18-,19?,20+,22-;16?,17-,18?,19+,21-;15?,16-,17?,18+,21-;/m11111./s1. The van der Waals surface area contributed by atoms with E-state index in [4.69, 9.17) is 55.7 Å². The molecule has 5 aromatic carbocycles. The number of carboxylic acids is 1. The van der Waals surface area contributed by atoms with Crippen LogP contribution in [0, 0.1) is 111 Å². The van der Waals surface area contributed by atoms with Crippen molar-refractivity contribution in [1.82, 2.24) is 0 Å². The molecule has 12 aliphatic rings. The second kappa shape index (κ2) is 60.1. The maximum Gasteiger partial charge on any atom is 0.341 e. The fourth-order valence-corrected chi connectivity index (χ4v) is 27.5. The molecule has 10 aliphatic carbocycles. The number of aromatic hydroxyl groups is 3. The average Bonchev–Trinajstić information content (AvgIpc) is 1.66. The summed E-state index contributed by atoms with van der Waals surface area (Å²) >= 11 is 4.82. The number of alkyl halides is 1. The highest BCUT2D eigenvalue weighted by molar-refractivity contribution is 6.19. The fourth-order valence-electron chi connectivity index (χ4n) is 27.5. The summed E-state index contributed by atoms with van der Waals surface area (Å²) in [5, 5.41) is 129. The molecule has 0 bridgehead atoms. The van der Waals surface area contributed by atoms with Crippen molar-refractivity contribution in [3.05, 3.63) is 147 Å². The number of unbranched alkanes of at least 4 members (excludes halogenated alkanes) is 10. The van der Waals surface area contributed by atoms with Crippen molar-refractivity contribution in [2.45, 2.75) is 430 Å². The molecular weight excluding hydrogens is 1820 g/mol. The highest BCUT2D eigenvalue weighted by atomic mass is 35.5. The quantitative estimate of drug-likeness (QED) is 0.0127. The number of hydrogen-bond acceptors (Lipinski definition) is 20. The monoisotopic (exact) mass is 2000 g/mol. The molecule has 794 valence electrons. The topological polar surface area (TPSA) is 360 Å². The van der Waals surface area contributed by atoms with Crippen LogP contribution in [0.15, 0.2) is 91.0 Å².